The van der Waals surface area contributed by atoms with Gasteiger partial charge < -0.3 is 15.0 Å². The predicted molar refractivity (Wildman–Crippen MR) is 106 cm³/mol. The number of esters is 1. The van der Waals surface area contributed by atoms with Crippen molar-refractivity contribution in [3.8, 4) is 0 Å². The zero-order valence-electron chi connectivity index (χ0n) is 16.8. The molecule has 158 valence electrons. The van der Waals surface area contributed by atoms with Gasteiger partial charge in [0, 0.05) is 26.2 Å². The van der Waals surface area contributed by atoms with Crippen LogP contribution >= 0.6 is 0 Å². The first-order valence-electron chi connectivity index (χ1n) is 9.47. The summed E-state index contributed by atoms with van der Waals surface area (Å²) in [6.07, 6.45) is 3.70. The smallest absolute Gasteiger partial charge is 0.339 e. The normalized spacial score (nSPS) is 15.1. The standard InChI is InChI=1S/C19H26N4O6/c1-12(17(24)21-19(26)20-14-7-5-4-6-8-14)29-18(25)13-9-10-15(22(2)3)16(11-13)23(27)28/h9-12,14H,4-8H2,1-3H3,(H2,20,21,24,26)/t12-/m1/s1. The van der Waals surface area contributed by atoms with E-state index in [0.717, 1.165) is 38.2 Å². The lowest BCUT2D eigenvalue weighted by molar-refractivity contribution is -0.384. The number of ether oxygens (including phenoxy) is 1. The van der Waals surface area contributed by atoms with Gasteiger partial charge in [0.1, 0.15) is 5.69 Å². The van der Waals surface area contributed by atoms with Crippen LogP contribution in [-0.4, -0.2) is 49.1 Å². The molecule has 0 heterocycles. The summed E-state index contributed by atoms with van der Waals surface area (Å²) in [5.74, 6) is -1.67. The second-order valence-electron chi connectivity index (χ2n) is 7.20. The molecule has 1 aliphatic carbocycles. The maximum Gasteiger partial charge on any atom is 0.339 e. The van der Waals surface area contributed by atoms with E-state index in [1.54, 1.807) is 19.0 Å². The van der Waals surface area contributed by atoms with Gasteiger partial charge in [0.05, 0.1) is 10.5 Å². The lowest BCUT2D eigenvalue weighted by Crippen LogP contribution is -2.48. The number of urea groups is 1. The molecule has 1 fully saturated rings. The SMILES string of the molecule is C[C@@H](OC(=O)c1ccc(N(C)C)c([N+](=O)[O-])c1)C(=O)NC(=O)NC1CCCCC1. The average Bonchev–Trinajstić information content (AvgIpc) is 2.67. The summed E-state index contributed by atoms with van der Waals surface area (Å²) in [5.41, 5.74) is 0.0127. The van der Waals surface area contributed by atoms with Gasteiger partial charge in [-0.2, -0.15) is 0 Å². The Balaban J connectivity index is 1.95. The van der Waals surface area contributed by atoms with Gasteiger partial charge in [-0.3, -0.25) is 20.2 Å². The average molecular weight is 406 g/mol. The van der Waals surface area contributed by atoms with Crippen molar-refractivity contribution in [3.05, 3.63) is 33.9 Å². The van der Waals surface area contributed by atoms with Gasteiger partial charge in [-0.25, -0.2) is 9.59 Å². The first-order valence-corrected chi connectivity index (χ1v) is 9.47. The van der Waals surface area contributed by atoms with Crippen molar-refractivity contribution in [1.82, 2.24) is 10.6 Å². The molecule has 0 radical (unpaired) electrons. The van der Waals surface area contributed by atoms with Crippen LogP contribution in [0.3, 0.4) is 0 Å². The summed E-state index contributed by atoms with van der Waals surface area (Å²) in [4.78, 5) is 48.5. The highest BCUT2D eigenvalue weighted by Gasteiger charge is 2.24. The number of nitrogens with one attached hydrogen (secondary N) is 2. The largest absolute Gasteiger partial charge is 0.449 e. The van der Waals surface area contributed by atoms with E-state index >= 15 is 0 Å². The van der Waals surface area contributed by atoms with Crippen LogP contribution in [0.15, 0.2) is 18.2 Å². The van der Waals surface area contributed by atoms with Crippen molar-refractivity contribution in [1.29, 1.82) is 0 Å². The number of nitrogens with zero attached hydrogens (tertiary/aromatic N) is 2. The zero-order valence-corrected chi connectivity index (χ0v) is 16.8. The molecule has 0 aliphatic heterocycles. The van der Waals surface area contributed by atoms with Crippen LogP contribution in [0, 0.1) is 10.1 Å². The number of nitro benzene ring substituents is 1. The van der Waals surface area contributed by atoms with E-state index in [1.807, 2.05) is 0 Å². The molecule has 0 unspecified atom stereocenters. The second kappa shape index (κ2) is 9.85. The number of rotatable bonds is 6. The molecule has 1 aliphatic rings. The van der Waals surface area contributed by atoms with Crippen LogP contribution in [0.5, 0.6) is 0 Å². The Bertz CT molecular complexity index is 789. The minimum atomic E-state index is -1.24. The molecular formula is C19H26N4O6. The molecule has 1 aromatic carbocycles. The summed E-state index contributed by atoms with van der Waals surface area (Å²) in [6.45, 7) is 1.32. The van der Waals surface area contributed by atoms with Gasteiger partial charge in [0.15, 0.2) is 6.10 Å². The Kier molecular flexibility index (Phi) is 7.52. The summed E-state index contributed by atoms with van der Waals surface area (Å²) in [5, 5.41) is 16.1. The first-order chi connectivity index (χ1) is 13.7. The third kappa shape index (κ3) is 6.16. The quantitative estimate of drug-likeness (QED) is 0.421. The highest BCUT2D eigenvalue weighted by atomic mass is 16.6. The van der Waals surface area contributed by atoms with Gasteiger partial charge in [-0.15, -0.1) is 0 Å². The van der Waals surface area contributed by atoms with E-state index in [2.05, 4.69) is 10.6 Å². The number of nitro groups is 1. The molecule has 0 spiro atoms. The topological polar surface area (TPSA) is 131 Å². The summed E-state index contributed by atoms with van der Waals surface area (Å²) in [7, 11) is 3.29. The summed E-state index contributed by atoms with van der Waals surface area (Å²) < 4.78 is 5.06. The second-order valence-corrected chi connectivity index (χ2v) is 7.20. The number of anilines is 1. The fourth-order valence-electron chi connectivity index (χ4n) is 3.14. The van der Waals surface area contributed by atoms with Crippen molar-refractivity contribution in [2.45, 2.75) is 51.2 Å². The molecular weight excluding hydrogens is 380 g/mol. The minimum absolute atomic E-state index is 0.0326. The molecule has 10 nitrogen and oxygen atoms in total. The van der Waals surface area contributed by atoms with Crippen LogP contribution in [0.25, 0.3) is 0 Å². The van der Waals surface area contributed by atoms with E-state index in [-0.39, 0.29) is 17.3 Å². The summed E-state index contributed by atoms with van der Waals surface area (Å²) in [6, 6.07) is 3.31. The van der Waals surface area contributed by atoms with E-state index in [0.29, 0.717) is 5.69 Å². The minimum Gasteiger partial charge on any atom is -0.449 e. The van der Waals surface area contributed by atoms with Crippen molar-refractivity contribution in [2.24, 2.45) is 0 Å². The zero-order chi connectivity index (χ0) is 21.6. The molecule has 2 N–H and O–H groups in total. The lowest BCUT2D eigenvalue weighted by atomic mass is 9.96. The molecule has 0 bridgehead atoms. The van der Waals surface area contributed by atoms with Crippen LogP contribution in [0.4, 0.5) is 16.2 Å². The third-order valence-corrected chi connectivity index (χ3v) is 4.72. The van der Waals surface area contributed by atoms with Crippen LogP contribution in [-0.2, 0) is 9.53 Å². The Hall–Kier alpha value is -3.17. The van der Waals surface area contributed by atoms with Gasteiger partial charge in [-0.05, 0) is 31.9 Å². The molecule has 2 rings (SSSR count). The first kappa shape index (κ1) is 22.1. The maximum atomic E-state index is 12.3. The van der Waals surface area contributed by atoms with Crippen LogP contribution in [0.1, 0.15) is 49.4 Å². The van der Waals surface area contributed by atoms with Gasteiger partial charge in [0.25, 0.3) is 11.6 Å². The number of amides is 3. The molecule has 1 saturated carbocycles. The van der Waals surface area contributed by atoms with Gasteiger partial charge in [0.2, 0.25) is 0 Å². The van der Waals surface area contributed by atoms with E-state index in [1.165, 1.54) is 19.1 Å². The highest BCUT2D eigenvalue weighted by Crippen LogP contribution is 2.28. The molecule has 1 atom stereocenters. The summed E-state index contributed by atoms with van der Waals surface area (Å²) >= 11 is 0. The number of hydrogen-bond donors (Lipinski definition) is 2. The predicted octanol–water partition coefficient (Wildman–Crippen LogP) is 2.36. The number of carbonyl (C=O) groups excluding carboxylic acids is 3. The number of hydrogen-bond acceptors (Lipinski definition) is 7. The molecule has 0 aromatic heterocycles. The third-order valence-electron chi connectivity index (χ3n) is 4.72. The fraction of sp³-hybridized carbons (Fsp3) is 0.526. The van der Waals surface area contributed by atoms with Crippen molar-refractivity contribution in [2.75, 3.05) is 19.0 Å². The van der Waals surface area contributed by atoms with Crippen LogP contribution in [0.2, 0.25) is 0 Å². The van der Waals surface area contributed by atoms with Crippen LogP contribution < -0.4 is 15.5 Å². The molecule has 10 heteroatoms. The fourth-order valence-corrected chi connectivity index (χ4v) is 3.14. The molecule has 3 amide bonds. The van der Waals surface area contributed by atoms with E-state index in [4.69, 9.17) is 4.74 Å². The van der Waals surface area contributed by atoms with Gasteiger partial charge >= 0.3 is 12.0 Å². The highest BCUT2D eigenvalue weighted by molar-refractivity contribution is 5.99. The maximum absolute atomic E-state index is 12.3. The lowest BCUT2D eigenvalue weighted by Gasteiger charge is -2.23. The van der Waals surface area contributed by atoms with Crippen molar-refractivity contribution >= 4 is 29.3 Å². The Morgan fingerprint density at radius 3 is 2.45 bits per heavy atom. The van der Waals surface area contributed by atoms with E-state index < -0.39 is 28.9 Å². The number of carbonyl (C=O) groups is 3. The van der Waals surface area contributed by atoms with Crippen molar-refractivity contribution in [3.63, 3.8) is 0 Å². The number of benzene rings is 1. The Morgan fingerprint density at radius 2 is 1.86 bits per heavy atom. The van der Waals surface area contributed by atoms with E-state index in [9.17, 15) is 24.5 Å². The Labute approximate surface area is 168 Å². The Morgan fingerprint density at radius 1 is 1.21 bits per heavy atom. The molecule has 29 heavy (non-hydrogen) atoms. The molecule has 0 saturated heterocycles. The number of imide groups is 1. The molecule has 1 aromatic rings. The van der Waals surface area contributed by atoms with Crippen molar-refractivity contribution < 1.29 is 24.0 Å². The monoisotopic (exact) mass is 406 g/mol. The van der Waals surface area contributed by atoms with Gasteiger partial charge in [-0.1, -0.05) is 19.3 Å².